The van der Waals surface area contributed by atoms with Gasteiger partial charge in [0.25, 0.3) is 0 Å². The normalized spacial score (nSPS) is 19.2. The van der Waals surface area contributed by atoms with Gasteiger partial charge in [0.1, 0.15) is 17.7 Å². The number of benzene rings is 1. The summed E-state index contributed by atoms with van der Waals surface area (Å²) < 4.78 is 18.5. The van der Waals surface area contributed by atoms with Crippen LogP contribution >= 0.6 is 15.9 Å². The van der Waals surface area contributed by atoms with Gasteiger partial charge in [-0.2, -0.15) is 0 Å². The minimum absolute atomic E-state index is 0.678. The van der Waals surface area contributed by atoms with Gasteiger partial charge in [0.05, 0.1) is 34.9 Å². The molecule has 2 heterocycles. The fourth-order valence-electron chi connectivity index (χ4n) is 3.63. The first-order chi connectivity index (χ1) is 12.0. The number of quaternary nitrogens is 1. The van der Waals surface area contributed by atoms with Gasteiger partial charge >= 0.3 is 0 Å². The van der Waals surface area contributed by atoms with Crippen LogP contribution in [0.4, 0.5) is 0 Å². The molecule has 25 heavy (non-hydrogen) atoms. The first-order valence-electron chi connectivity index (χ1n) is 8.24. The summed E-state index contributed by atoms with van der Waals surface area (Å²) >= 11 is 3.39. The molecule has 1 aliphatic rings. The molecule has 1 aliphatic heterocycles. The first kappa shape index (κ1) is 18.0. The number of methoxy groups -OCH3 is 3. The predicted octanol–water partition coefficient (Wildman–Crippen LogP) is 3.57. The number of ether oxygens (including phenoxy) is 3. The summed E-state index contributed by atoms with van der Waals surface area (Å²) in [6.45, 7) is 2.90. The predicted molar refractivity (Wildman–Crippen MR) is 100 cm³/mol. The van der Waals surface area contributed by atoms with E-state index in [2.05, 4.69) is 40.1 Å². The maximum Gasteiger partial charge on any atom is 0.203 e. The fourth-order valence-corrected chi connectivity index (χ4v) is 3.86. The van der Waals surface area contributed by atoms with E-state index in [9.17, 15) is 0 Å². The third kappa shape index (κ3) is 3.60. The zero-order chi connectivity index (χ0) is 18.0. The zero-order valence-electron chi connectivity index (χ0n) is 15.1. The molecule has 0 radical (unpaired) electrons. The van der Waals surface area contributed by atoms with Crippen LogP contribution < -0.4 is 14.2 Å². The third-order valence-electron chi connectivity index (χ3n) is 4.83. The lowest BCUT2D eigenvalue weighted by Crippen LogP contribution is -2.46. The highest BCUT2D eigenvalue weighted by molar-refractivity contribution is 9.10. The number of aromatic nitrogens is 1. The van der Waals surface area contributed by atoms with Gasteiger partial charge in [-0.3, -0.25) is 0 Å². The first-order valence-corrected chi connectivity index (χ1v) is 9.03. The van der Waals surface area contributed by atoms with E-state index in [-0.39, 0.29) is 0 Å². The SMILES string of the molecule is COc1cc2c(c(OC)c1OC)CC[N+](C)(Cc1ccc(Br)nc1)C2. The van der Waals surface area contributed by atoms with Gasteiger partial charge in [-0.1, -0.05) is 0 Å². The van der Waals surface area contributed by atoms with Gasteiger partial charge in [0.15, 0.2) is 11.5 Å². The number of hydrogen-bond donors (Lipinski definition) is 0. The molecule has 1 atom stereocenters. The monoisotopic (exact) mass is 407 g/mol. The zero-order valence-corrected chi connectivity index (χ0v) is 16.7. The largest absolute Gasteiger partial charge is 0.493 e. The van der Waals surface area contributed by atoms with Crippen molar-refractivity contribution in [3.8, 4) is 17.2 Å². The van der Waals surface area contributed by atoms with Crippen LogP contribution in [0.5, 0.6) is 17.2 Å². The number of likely N-dealkylation sites (N-methyl/N-ethyl adjacent to an activating group) is 1. The van der Waals surface area contributed by atoms with Crippen LogP contribution in [-0.2, 0) is 19.5 Å². The second-order valence-electron chi connectivity index (χ2n) is 6.68. The summed E-state index contributed by atoms with van der Waals surface area (Å²) in [7, 11) is 7.28. The highest BCUT2D eigenvalue weighted by atomic mass is 79.9. The Balaban J connectivity index is 1.93. The third-order valence-corrected chi connectivity index (χ3v) is 5.30. The lowest BCUT2D eigenvalue weighted by atomic mass is 9.95. The summed E-state index contributed by atoms with van der Waals surface area (Å²) in [6, 6.07) is 6.22. The summed E-state index contributed by atoms with van der Waals surface area (Å²) in [4.78, 5) is 4.35. The molecular formula is C19H24BrN2O3+. The van der Waals surface area contributed by atoms with Crippen molar-refractivity contribution in [3.63, 3.8) is 0 Å². The Kier molecular flexibility index (Phi) is 5.20. The van der Waals surface area contributed by atoms with Crippen LogP contribution in [0.1, 0.15) is 16.7 Å². The Labute approximate surface area is 157 Å². The van der Waals surface area contributed by atoms with Gasteiger partial charge in [-0.15, -0.1) is 0 Å². The average molecular weight is 408 g/mol. The topological polar surface area (TPSA) is 40.6 Å². The Morgan fingerprint density at radius 3 is 2.48 bits per heavy atom. The number of rotatable bonds is 5. The number of halogens is 1. The molecule has 0 bridgehead atoms. The molecule has 0 saturated heterocycles. The molecule has 0 saturated carbocycles. The number of hydrogen-bond acceptors (Lipinski definition) is 4. The highest BCUT2D eigenvalue weighted by Crippen LogP contribution is 2.44. The lowest BCUT2D eigenvalue weighted by Gasteiger charge is -2.39. The molecule has 6 heteroatoms. The van der Waals surface area contributed by atoms with Crippen molar-refractivity contribution in [1.29, 1.82) is 0 Å². The van der Waals surface area contributed by atoms with Gasteiger partial charge in [0, 0.05) is 29.3 Å². The molecule has 134 valence electrons. The van der Waals surface area contributed by atoms with Crippen LogP contribution in [0.3, 0.4) is 0 Å². The van der Waals surface area contributed by atoms with E-state index in [4.69, 9.17) is 14.2 Å². The number of fused-ring (bicyclic) bond motifs is 1. The lowest BCUT2D eigenvalue weighted by molar-refractivity contribution is -0.937. The maximum absolute atomic E-state index is 5.65. The minimum Gasteiger partial charge on any atom is -0.493 e. The van der Waals surface area contributed by atoms with E-state index in [0.717, 1.165) is 46.6 Å². The van der Waals surface area contributed by atoms with E-state index in [1.807, 2.05) is 12.3 Å². The maximum atomic E-state index is 5.65. The second-order valence-corrected chi connectivity index (χ2v) is 7.49. The Bertz CT molecular complexity index is 764. The van der Waals surface area contributed by atoms with E-state index in [0.29, 0.717) is 5.75 Å². The molecule has 1 aromatic heterocycles. The van der Waals surface area contributed by atoms with Crippen LogP contribution in [0.15, 0.2) is 29.0 Å². The standard InChI is InChI=1S/C19H24BrN2O3/c1-22(11-13-5-6-17(20)21-10-13)8-7-15-14(12-22)9-16(23-2)19(25-4)18(15)24-3/h5-6,9-10H,7-8,11-12H2,1-4H3/q+1. The number of pyridine rings is 1. The molecule has 1 aromatic carbocycles. The molecule has 0 spiro atoms. The molecule has 0 amide bonds. The Morgan fingerprint density at radius 1 is 1.12 bits per heavy atom. The van der Waals surface area contributed by atoms with Gasteiger partial charge < -0.3 is 18.7 Å². The Hall–Kier alpha value is -1.79. The summed E-state index contributed by atoms with van der Waals surface area (Å²) in [5.41, 5.74) is 3.72. The molecule has 3 rings (SSSR count). The van der Waals surface area contributed by atoms with Crippen molar-refractivity contribution < 1.29 is 18.7 Å². The highest BCUT2D eigenvalue weighted by Gasteiger charge is 2.33. The molecular weight excluding hydrogens is 384 g/mol. The smallest absolute Gasteiger partial charge is 0.203 e. The molecule has 5 nitrogen and oxygen atoms in total. The molecule has 0 fully saturated rings. The Morgan fingerprint density at radius 2 is 1.88 bits per heavy atom. The van der Waals surface area contributed by atoms with Crippen molar-refractivity contribution in [1.82, 2.24) is 4.98 Å². The van der Waals surface area contributed by atoms with Crippen molar-refractivity contribution in [3.05, 3.63) is 45.7 Å². The summed E-state index contributed by atoms with van der Waals surface area (Å²) in [5.74, 6) is 2.20. The molecule has 0 N–H and O–H groups in total. The van der Waals surface area contributed by atoms with Gasteiger partial charge in [-0.25, -0.2) is 4.98 Å². The van der Waals surface area contributed by atoms with Crippen molar-refractivity contribution in [2.45, 2.75) is 19.5 Å². The van der Waals surface area contributed by atoms with E-state index in [1.165, 1.54) is 16.7 Å². The van der Waals surface area contributed by atoms with Crippen molar-refractivity contribution in [2.24, 2.45) is 0 Å². The number of nitrogens with zero attached hydrogens (tertiary/aromatic N) is 2. The van der Waals surface area contributed by atoms with Gasteiger partial charge in [0.2, 0.25) is 5.75 Å². The van der Waals surface area contributed by atoms with Gasteiger partial charge in [-0.05, 0) is 34.1 Å². The molecule has 0 aliphatic carbocycles. The quantitative estimate of drug-likeness (QED) is 0.560. The van der Waals surface area contributed by atoms with E-state index in [1.54, 1.807) is 21.3 Å². The van der Waals surface area contributed by atoms with Crippen LogP contribution in [0.25, 0.3) is 0 Å². The van der Waals surface area contributed by atoms with Crippen LogP contribution in [0, 0.1) is 0 Å². The van der Waals surface area contributed by atoms with Crippen LogP contribution in [-0.4, -0.2) is 44.4 Å². The second kappa shape index (κ2) is 7.22. The fraction of sp³-hybridized carbons (Fsp3) is 0.421. The van der Waals surface area contributed by atoms with E-state index >= 15 is 0 Å². The van der Waals surface area contributed by atoms with Crippen LogP contribution in [0.2, 0.25) is 0 Å². The molecule has 1 unspecified atom stereocenters. The van der Waals surface area contributed by atoms with Crippen molar-refractivity contribution in [2.75, 3.05) is 34.9 Å². The van der Waals surface area contributed by atoms with E-state index < -0.39 is 0 Å². The minimum atomic E-state index is 0.678. The summed E-state index contributed by atoms with van der Waals surface area (Å²) in [6.07, 6.45) is 2.89. The average Bonchev–Trinajstić information content (AvgIpc) is 2.61. The molecule has 2 aromatic rings. The van der Waals surface area contributed by atoms with Crippen molar-refractivity contribution >= 4 is 15.9 Å². The summed E-state index contributed by atoms with van der Waals surface area (Å²) in [5, 5.41) is 0.